The Hall–Kier alpha value is -2.13. The van der Waals surface area contributed by atoms with Crippen LogP contribution in [0.3, 0.4) is 0 Å². The van der Waals surface area contributed by atoms with Crippen LogP contribution in [0.15, 0.2) is 36.4 Å². The predicted molar refractivity (Wildman–Crippen MR) is 106 cm³/mol. The Balaban J connectivity index is 1.75. The van der Waals surface area contributed by atoms with Crippen molar-refractivity contribution < 1.29 is 14.6 Å². The van der Waals surface area contributed by atoms with Crippen molar-refractivity contribution in [1.29, 1.82) is 0 Å². The zero-order valence-electron chi connectivity index (χ0n) is 15.2. The maximum Gasteiger partial charge on any atom is 0.159 e. The van der Waals surface area contributed by atoms with Gasteiger partial charge in [-0.15, -0.1) is 11.3 Å². The van der Waals surface area contributed by atoms with Crippen molar-refractivity contribution in [3.63, 3.8) is 0 Å². The van der Waals surface area contributed by atoms with Gasteiger partial charge < -0.3 is 15.6 Å². The summed E-state index contributed by atoms with van der Waals surface area (Å²) < 4.78 is 5.62. The molecule has 26 heavy (non-hydrogen) atoms. The zero-order chi connectivity index (χ0) is 19.0. The molecule has 2 rings (SSSR count). The molecule has 3 N–H and O–H groups in total. The molecule has 5 heteroatoms. The van der Waals surface area contributed by atoms with Crippen molar-refractivity contribution in [3.05, 3.63) is 51.7 Å². The first-order valence-corrected chi connectivity index (χ1v) is 9.42. The summed E-state index contributed by atoms with van der Waals surface area (Å²) in [6, 6.07) is 11.2. The van der Waals surface area contributed by atoms with Crippen LogP contribution in [0.25, 0.3) is 0 Å². The van der Waals surface area contributed by atoms with Gasteiger partial charge in [0.15, 0.2) is 5.78 Å². The van der Waals surface area contributed by atoms with Crippen molar-refractivity contribution in [2.24, 2.45) is 5.73 Å². The summed E-state index contributed by atoms with van der Waals surface area (Å²) in [6.45, 7) is 3.90. The first-order chi connectivity index (χ1) is 12.4. The normalized spacial score (nSPS) is 12.8. The van der Waals surface area contributed by atoms with Gasteiger partial charge >= 0.3 is 0 Å². The number of ether oxygens (including phenoxy) is 1. The van der Waals surface area contributed by atoms with Crippen LogP contribution >= 0.6 is 11.3 Å². The Bertz CT molecular complexity index is 782. The maximum atomic E-state index is 11.2. The molecule has 1 heterocycles. The Kier molecular flexibility index (Phi) is 7.40. The quantitative estimate of drug-likeness (QED) is 0.424. The van der Waals surface area contributed by atoms with Gasteiger partial charge in [-0.25, -0.2) is 0 Å². The summed E-state index contributed by atoms with van der Waals surface area (Å²) in [5.74, 6) is 7.05. The van der Waals surface area contributed by atoms with Crippen molar-refractivity contribution in [3.8, 4) is 17.6 Å². The Labute approximate surface area is 159 Å². The average molecular weight is 372 g/mol. The lowest BCUT2D eigenvalue weighted by Crippen LogP contribution is -2.40. The molecule has 0 aliphatic rings. The third kappa shape index (κ3) is 6.64. The molecule has 1 aromatic carbocycles. The van der Waals surface area contributed by atoms with Crippen LogP contribution in [0.4, 0.5) is 0 Å². The molecule has 0 aliphatic carbocycles. The minimum absolute atomic E-state index is 0.0114. The lowest BCUT2D eigenvalue weighted by atomic mass is 9.98. The van der Waals surface area contributed by atoms with E-state index in [4.69, 9.17) is 10.5 Å². The standard InChI is InChI=1S/C21H25NO3S/c1-16(24)17-6-8-18(9-7-17)25-14-4-3-5-19-10-11-20(26-19)12-13-21(2,22)15-23/h6-11,23H,4,12-15,22H2,1-2H3. The van der Waals surface area contributed by atoms with Gasteiger partial charge in [0.05, 0.1) is 18.1 Å². The molecule has 1 aromatic heterocycles. The molecular weight excluding hydrogens is 346 g/mol. The highest BCUT2D eigenvalue weighted by molar-refractivity contribution is 7.12. The van der Waals surface area contributed by atoms with Gasteiger partial charge in [-0.1, -0.05) is 11.8 Å². The number of nitrogens with two attached hydrogens (primary N) is 1. The molecule has 2 aromatic rings. The van der Waals surface area contributed by atoms with E-state index in [0.29, 0.717) is 18.6 Å². The highest BCUT2D eigenvalue weighted by Crippen LogP contribution is 2.19. The summed E-state index contributed by atoms with van der Waals surface area (Å²) in [4.78, 5) is 13.5. The average Bonchev–Trinajstić information content (AvgIpc) is 3.08. The summed E-state index contributed by atoms with van der Waals surface area (Å²) in [6.07, 6.45) is 2.22. The van der Waals surface area contributed by atoms with E-state index in [1.54, 1.807) is 42.5 Å². The minimum atomic E-state index is -0.532. The molecule has 4 nitrogen and oxygen atoms in total. The number of hydrogen-bond acceptors (Lipinski definition) is 5. The second kappa shape index (κ2) is 9.54. The van der Waals surface area contributed by atoms with Crippen LogP contribution in [-0.2, 0) is 6.42 Å². The fraction of sp³-hybridized carbons (Fsp3) is 0.381. The van der Waals surface area contributed by atoms with E-state index in [9.17, 15) is 9.90 Å². The van der Waals surface area contributed by atoms with Gasteiger partial charge in [-0.05, 0) is 63.1 Å². The molecule has 0 spiro atoms. The predicted octanol–water partition coefficient (Wildman–Crippen LogP) is 3.41. The SMILES string of the molecule is CC(=O)c1ccc(OCCC#Cc2ccc(CCC(C)(N)CO)s2)cc1. The Morgan fingerprint density at radius 2 is 2.00 bits per heavy atom. The lowest BCUT2D eigenvalue weighted by molar-refractivity contribution is 0.101. The van der Waals surface area contributed by atoms with Crippen molar-refractivity contribution >= 4 is 17.1 Å². The summed E-state index contributed by atoms with van der Waals surface area (Å²) in [5.41, 5.74) is 6.10. The third-order valence-electron chi connectivity index (χ3n) is 3.93. The van der Waals surface area contributed by atoms with Crippen LogP contribution in [0.5, 0.6) is 5.75 Å². The number of rotatable bonds is 8. The van der Waals surface area contributed by atoms with E-state index >= 15 is 0 Å². The molecule has 138 valence electrons. The lowest BCUT2D eigenvalue weighted by Gasteiger charge is -2.20. The first kappa shape index (κ1) is 20.2. The molecule has 0 saturated heterocycles. The highest BCUT2D eigenvalue weighted by Gasteiger charge is 2.16. The number of aliphatic hydroxyl groups excluding tert-OH is 1. The molecular formula is C21H25NO3S. The molecule has 0 aliphatic heterocycles. The first-order valence-electron chi connectivity index (χ1n) is 8.61. The van der Waals surface area contributed by atoms with E-state index in [2.05, 4.69) is 17.9 Å². The monoisotopic (exact) mass is 371 g/mol. The van der Waals surface area contributed by atoms with E-state index < -0.39 is 5.54 Å². The van der Waals surface area contributed by atoms with Gasteiger partial charge in [0, 0.05) is 22.4 Å². The smallest absolute Gasteiger partial charge is 0.159 e. The second-order valence-electron chi connectivity index (χ2n) is 6.56. The molecule has 0 saturated carbocycles. The molecule has 0 fully saturated rings. The largest absolute Gasteiger partial charge is 0.493 e. The van der Waals surface area contributed by atoms with Crippen LogP contribution in [0.2, 0.25) is 0 Å². The zero-order valence-corrected chi connectivity index (χ0v) is 16.1. The van der Waals surface area contributed by atoms with Crippen LogP contribution in [0.1, 0.15) is 46.8 Å². The second-order valence-corrected chi connectivity index (χ2v) is 7.73. The number of aliphatic hydroxyl groups is 1. The number of Topliss-reactive ketones (excluding diaryl/α,β-unsaturated/α-hetero) is 1. The molecule has 0 radical (unpaired) electrons. The number of hydrogen-bond donors (Lipinski definition) is 2. The molecule has 1 unspecified atom stereocenters. The number of thiophene rings is 1. The number of aryl methyl sites for hydroxylation is 1. The number of benzene rings is 1. The van der Waals surface area contributed by atoms with E-state index in [0.717, 1.165) is 23.5 Å². The van der Waals surface area contributed by atoms with E-state index in [1.807, 2.05) is 13.0 Å². The van der Waals surface area contributed by atoms with Gasteiger partial charge in [0.25, 0.3) is 0 Å². The number of carbonyl (C=O) groups excluding carboxylic acids is 1. The van der Waals surface area contributed by atoms with Gasteiger partial charge in [0.1, 0.15) is 5.75 Å². The van der Waals surface area contributed by atoms with E-state index in [-0.39, 0.29) is 12.4 Å². The van der Waals surface area contributed by atoms with Crippen LogP contribution < -0.4 is 10.5 Å². The Morgan fingerprint density at radius 1 is 1.27 bits per heavy atom. The van der Waals surface area contributed by atoms with Crippen LogP contribution in [-0.4, -0.2) is 29.6 Å². The molecule has 0 amide bonds. The van der Waals surface area contributed by atoms with Crippen molar-refractivity contribution in [2.45, 2.75) is 38.6 Å². The molecule has 1 atom stereocenters. The van der Waals surface area contributed by atoms with Gasteiger partial charge in [0.2, 0.25) is 0 Å². The van der Waals surface area contributed by atoms with Crippen LogP contribution in [0, 0.1) is 11.8 Å². The minimum Gasteiger partial charge on any atom is -0.493 e. The Morgan fingerprint density at radius 3 is 2.65 bits per heavy atom. The van der Waals surface area contributed by atoms with Gasteiger partial charge in [-0.2, -0.15) is 0 Å². The topological polar surface area (TPSA) is 72.5 Å². The molecule has 0 bridgehead atoms. The summed E-state index contributed by atoms with van der Waals surface area (Å²) in [7, 11) is 0. The number of carbonyl (C=O) groups is 1. The van der Waals surface area contributed by atoms with E-state index in [1.165, 1.54) is 4.88 Å². The maximum absolute atomic E-state index is 11.2. The highest BCUT2D eigenvalue weighted by atomic mass is 32.1. The fourth-order valence-electron chi connectivity index (χ4n) is 2.22. The number of ketones is 1. The van der Waals surface area contributed by atoms with Crippen molar-refractivity contribution in [1.82, 2.24) is 0 Å². The summed E-state index contributed by atoms with van der Waals surface area (Å²) >= 11 is 1.66. The van der Waals surface area contributed by atoms with Crippen molar-refractivity contribution in [2.75, 3.05) is 13.2 Å². The van der Waals surface area contributed by atoms with Gasteiger partial charge in [-0.3, -0.25) is 4.79 Å². The summed E-state index contributed by atoms with van der Waals surface area (Å²) in [5, 5.41) is 9.19. The fourth-order valence-corrected chi connectivity index (χ4v) is 3.10. The third-order valence-corrected chi connectivity index (χ3v) is 4.99.